The number of fused-ring (bicyclic) bond motifs is 3. The zero-order valence-electron chi connectivity index (χ0n) is 18.6. The van der Waals surface area contributed by atoms with Gasteiger partial charge in [0.1, 0.15) is 5.75 Å². The van der Waals surface area contributed by atoms with Crippen LogP contribution < -0.4 is 4.74 Å². The first-order chi connectivity index (χ1) is 15.3. The molecule has 168 valence electrons. The van der Waals surface area contributed by atoms with E-state index in [1.165, 1.54) is 11.1 Å². The Bertz CT molecular complexity index is 1220. The number of benzene rings is 2. The highest BCUT2D eigenvalue weighted by molar-refractivity contribution is 7.92. The lowest BCUT2D eigenvalue weighted by Gasteiger charge is -2.57. The van der Waals surface area contributed by atoms with Crippen molar-refractivity contribution in [2.75, 3.05) is 7.11 Å². The molecule has 0 heterocycles. The second-order valence-corrected chi connectivity index (χ2v) is 12.6. The Morgan fingerprint density at radius 1 is 1.06 bits per heavy atom. The minimum absolute atomic E-state index is 0.193. The molecular weight excluding hydrogens is 420 g/mol. The van der Waals surface area contributed by atoms with Crippen LogP contribution in [0.2, 0.25) is 0 Å². The molecule has 6 atom stereocenters. The van der Waals surface area contributed by atoms with Crippen LogP contribution in [0, 0.1) is 16.7 Å². The molecule has 4 aliphatic carbocycles. The zero-order chi connectivity index (χ0) is 22.4. The lowest BCUT2D eigenvalue weighted by molar-refractivity contribution is -0.0865. The Kier molecular flexibility index (Phi) is 4.15. The zero-order valence-corrected chi connectivity index (χ0v) is 19.4. The Balaban J connectivity index is 1.51. The highest BCUT2D eigenvalue weighted by Gasteiger charge is 2.77. The van der Waals surface area contributed by atoms with Gasteiger partial charge in [-0.1, -0.05) is 43.3 Å². The summed E-state index contributed by atoms with van der Waals surface area (Å²) >= 11 is 0. The summed E-state index contributed by atoms with van der Waals surface area (Å²) in [6.07, 6.45) is 7.99. The molecule has 2 aromatic rings. The molecule has 0 spiro atoms. The van der Waals surface area contributed by atoms with Crippen LogP contribution in [0.1, 0.15) is 49.7 Å². The predicted octanol–water partition coefficient (Wildman–Crippen LogP) is 4.67. The fourth-order valence-electron chi connectivity index (χ4n) is 7.96. The number of allylic oxidation sites excluding steroid dienone is 1. The molecule has 32 heavy (non-hydrogen) atoms. The van der Waals surface area contributed by atoms with Crippen LogP contribution in [0.5, 0.6) is 5.75 Å². The van der Waals surface area contributed by atoms with Gasteiger partial charge in [-0.15, -0.1) is 0 Å². The summed E-state index contributed by atoms with van der Waals surface area (Å²) in [6, 6.07) is 15.2. The van der Waals surface area contributed by atoms with Crippen LogP contribution in [0.15, 0.2) is 65.6 Å². The number of sulfone groups is 1. The molecule has 0 radical (unpaired) electrons. The number of methoxy groups -OCH3 is 1. The molecule has 5 heteroatoms. The van der Waals surface area contributed by atoms with E-state index in [1.54, 1.807) is 31.4 Å². The van der Waals surface area contributed by atoms with Gasteiger partial charge in [0.05, 0.1) is 22.9 Å². The van der Waals surface area contributed by atoms with Crippen LogP contribution in [0.3, 0.4) is 0 Å². The average Bonchev–Trinajstić information content (AvgIpc) is 3.18. The maximum absolute atomic E-state index is 14.0. The highest BCUT2D eigenvalue weighted by Crippen LogP contribution is 2.76. The molecular formula is C27H30O4S. The Hall–Kier alpha value is -2.11. The lowest BCUT2D eigenvalue weighted by atomic mass is 9.48. The third-order valence-corrected chi connectivity index (χ3v) is 11.8. The second kappa shape index (κ2) is 6.48. The van der Waals surface area contributed by atoms with Gasteiger partial charge in [0, 0.05) is 10.8 Å². The highest BCUT2D eigenvalue weighted by atomic mass is 32.2. The molecule has 2 aromatic carbocycles. The third-order valence-electron chi connectivity index (χ3n) is 9.55. The molecule has 2 saturated carbocycles. The molecule has 2 bridgehead atoms. The van der Waals surface area contributed by atoms with Crippen LogP contribution in [0.25, 0.3) is 0 Å². The summed E-state index contributed by atoms with van der Waals surface area (Å²) in [5, 5.41) is 11.2. The monoisotopic (exact) mass is 450 g/mol. The molecule has 1 N–H and O–H groups in total. The normalized spacial score (nSPS) is 39.3. The van der Waals surface area contributed by atoms with E-state index in [2.05, 4.69) is 25.1 Å². The maximum atomic E-state index is 14.0. The second-order valence-electron chi connectivity index (χ2n) is 10.4. The van der Waals surface area contributed by atoms with Crippen LogP contribution in [-0.2, 0) is 16.3 Å². The molecule has 0 aliphatic heterocycles. The molecule has 2 fully saturated rings. The fraction of sp³-hybridized carbons (Fsp3) is 0.481. The quantitative estimate of drug-likeness (QED) is 0.690. The SMILES string of the molecule is COc1ccc2c(c1)CC[C@H]1[C@@H]2CC[C@@]2(C)[C@@]13C=C[C@@]2(O)C[C@H]3S(=O)(=O)c1ccccc1. The van der Waals surface area contributed by atoms with Crippen LogP contribution >= 0.6 is 0 Å². The first-order valence-corrected chi connectivity index (χ1v) is 13.2. The molecule has 4 nitrogen and oxygen atoms in total. The van der Waals surface area contributed by atoms with Crippen molar-refractivity contribution in [3.63, 3.8) is 0 Å². The van der Waals surface area contributed by atoms with E-state index in [1.807, 2.05) is 18.2 Å². The van der Waals surface area contributed by atoms with Gasteiger partial charge < -0.3 is 9.84 Å². The molecule has 6 rings (SSSR count). The van der Waals surface area contributed by atoms with Crippen LogP contribution in [-0.4, -0.2) is 31.5 Å². The largest absolute Gasteiger partial charge is 0.497 e. The van der Waals surface area contributed by atoms with E-state index < -0.39 is 31.5 Å². The van der Waals surface area contributed by atoms with E-state index in [9.17, 15) is 13.5 Å². The number of rotatable bonds is 3. The van der Waals surface area contributed by atoms with Gasteiger partial charge in [-0.25, -0.2) is 8.42 Å². The average molecular weight is 451 g/mol. The third kappa shape index (κ3) is 2.29. The topological polar surface area (TPSA) is 63.6 Å². The molecule has 0 saturated heterocycles. The summed E-state index contributed by atoms with van der Waals surface area (Å²) in [6.45, 7) is 2.15. The molecule has 0 amide bonds. The molecule has 0 unspecified atom stereocenters. The van der Waals surface area contributed by atoms with Crippen molar-refractivity contribution in [2.45, 2.75) is 60.7 Å². The van der Waals surface area contributed by atoms with Crippen LogP contribution in [0.4, 0.5) is 0 Å². The Morgan fingerprint density at radius 3 is 2.59 bits per heavy atom. The van der Waals surface area contributed by atoms with Gasteiger partial charge in [0.25, 0.3) is 0 Å². The standard InChI is InChI=1S/C27H30O4S/c1-25-13-12-22-21-10-9-19(31-2)16-18(21)8-11-23(22)27(25)15-14-26(25,28)17-24(27)32(29,30)20-6-4-3-5-7-20/h3-7,9-10,14-16,22-24,28H,8,11-13,17H2,1-2H3/t22-,23+,24-,25-,26-,27+/m1/s1. The van der Waals surface area contributed by atoms with Crippen molar-refractivity contribution >= 4 is 9.84 Å². The lowest BCUT2D eigenvalue weighted by Crippen LogP contribution is -2.56. The van der Waals surface area contributed by atoms with Crippen molar-refractivity contribution in [1.29, 1.82) is 0 Å². The number of ether oxygens (including phenoxy) is 1. The van der Waals surface area contributed by atoms with Gasteiger partial charge in [-0.05, 0) is 79.3 Å². The van der Waals surface area contributed by atoms with Gasteiger partial charge in [-0.2, -0.15) is 0 Å². The minimum atomic E-state index is -3.60. The van der Waals surface area contributed by atoms with E-state index in [-0.39, 0.29) is 12.3 Å². The van der Waals surface area contributed by atoms with Gasteiger partial charge in [0.2, 0.25) is 0 Å². The fourth-order valence-corrected chi connectivity index (χ4v) is 10.3. The summed E-state index contributed by atoms with van der Waals surface area (Å²) in [4.78, 5) is 0.370. The predicted molar refractivity (Wildman–Crippen MR) is 123 cm³/mol. The number of hydrogen-bond donors (Lipinski definition) is 1. The number of aliphatic hydroxyl groups is 1. The van der Waals surface area contributed by atoms with E-state index in [0.29, 0.717) is 10.8 Å². The van der Waals surface area contributed by atoms with Crippen molar-refractivity contribution < 1.29 is 18.3 Å². The summed E-state index contributed by atoms with van der Waals surface area (Å²) in [5.41, 5.74) is 0.576. The first-order valence-electron chi connectivity index (χ1n) is 11.7. The Morgan fingerprint density at radius 2 is 1.84 bits per heavy atom. The first kappa shape index (κ1) is 20.5. The van der Waals surface area contributed by atoms with Crippen molar-refractivity contribution in [3.05, 3.63) is 71.8 Å². The summed E-state index contributed by atoms with van der Waals surface area (Å²) in [5.74, 6) is 1.37. The van der Waals surface area contributed by atoms with Crippen molar-refractivity contribution in [1.82, 2.24) is 0 Å². The summed E-state index contributed by atoms with van der Waals surface area (Å²) in [7, 11) is -1.90. The van der Waals surface area contributed by atoms with Gasteiger partial charge >= 0.3 is 0 Å². The number of hydrogen-bond acceptors (Lipinski definition) is 4. The molecule has 4 aliphatic rings. The van der Waals surface area contributed by atoms with Crippen molar-refractivity contribution in [2.24, 2.45) is 16.7 Å². The van der Waals surface area contributed by atoms with Gasteiger partial charge in [0.15, 0.2) is 9.84 Å². The summed E-state index contributed by atoms with van der Waals surface area (Å²) < 4.78 is 33.5. The van der Waals surface area contributed by atoms with E-state index in [0.717, 1.165) is 31.4 Å². The van der Waals surface area contributed by atoms with Gasteiger partial charge in [-0.3, -0.25) is 0 Å². The Labute approximate surface area is 190 Å². The maximum Gasteiger partial charge on any atom is 0.182 e. The van der Waals surface area contributed by atoms with E-state index in [4.69, 9.17) is 4.74 Å². The van der Waals surface area contributed by atoms with E-state index >= 15 is 0 Å². The smallest absolute Gasteiger partial charge is 0.182 e. The minimum Gasteiger partial charge on any atom is -0.497 e. The molecule has 0 aromatic heterocycles. The number of aryl methyl sites for hydroxylation is 1. The van der Waals surface area contributed by atoms with Crippen molar-refractivity contribution in [3.8, 4) is 5.75 Å².